The van der Waals surface area contributed by atoms with Crippen molar-refractivity contribution in [3.63, 3.8) is 0 Å². The van der Waals surface area contributed by atoms with Crippen molar-refractivity contribution in [3.05, 3.63) is 44.2 Å². The van der Waals surface area contributed by atoms with Crippen molar-refractivity contribution in [3.8, 4) is 0 Å². The summed E-state index contributed by atoms with van der Waals surface area (Å²) in [4.78, 5) is 3.24. The lowest BCUT2D eigenvalue weighted by atomic mass is 10.1. The molecule has 0 aliphatic carbocycles. The largest absolute Gasteiger partial charge is 0.317 e. The Balaban J connectivity index is 3.00. The maximum atomic E-state index is 6.65. The molecule has 0 amide bonds. The van der Waals surface area contributed by atoms with Crippen LogP contribution in [0.25, 0.3) is 4.85 Å². The Morgan fingerprint density at radius 3 is 2.15 bits per heavy atom. The second-order valence-corrected chi connectivity index (χ2v) is 3.73. The van der Waals surface area contributed by atoms with Crippen molar-refractivity contribution in [2.75, 3.05) is 6.54 Å². The number of halogens is 3. The van der Waals surface area contributed by atoms with Crippen LogP contribution in [0.15, 0.2) is 12.1 Å². The van der Waals surface area contributed by atoms with Gasteiger partial charge in [0.25, 0.3) is 0 Å². The molecule has 0 saturated heterocycles. The van der Waals surface area contributed by atoms with Gasteiger partial charge in [-0.05, 0) is 17.7 Å². The molecule has 0 aromatic heterocycles. The van der Waals surface area contributed by atoms with Gasteiger partial charge in [0.15, 0.2) is 0 Å². The van der Waals surface area contributed by atoms with Crippen molar-refractivity contribution < 1.29 is 0 Å². The molecule has 0 atom stereocenters. The van der Waals surface area contributed by atoms with Gasteiger partial charge in [-0.3, -0.25) is 0 Å². The molecule has 0 saturated carbocycles. The second kappa shape index (κ2) is 4.72. The Labute approximate surface area is 92.0 Å². The van der Waals surface area contributed by atoms with E-state index in [1.54, 1.807) is 12.1 Å². The number of hydrogen-bond donors (Lipinski definition) is 0. The van der Waals surface area contributed by atoms with Gasteiger partial charge in [0.1, 0.15) is 0 Å². The van der Waals surface area contributed by atoms with Crippen LogP contribution >= 0.6 is 34.8 Å². The van der Waals surface area contributed by atoms with E-state index in [0.29, 0.717) is 28.0 Å². The van der Waals surface area contributed by atoms with Crippen LogP contribution in [0.1, 0.15) is 5.56 Å². The normalized spacial score (nSPS) is 9.69. The topological polar surface area (TPSA) is 4.36 Å². The summed E-state index contributed by atoms with van der Waals surface area (Å²) in [6, 6.07) is 3.27. The van der Waals surface area contributed by atoms with E-state index in [9.17, 15) is 0 Å². The lowest BCUT2D eigenvalue weighted by molar-refractivity contribution is 1.08. The zero-order chi connectivity index (χ0) is 9.84. The molecule has 1 aromatic carbocycles. The molecular weight excluding hydrogens is 228 g/mol. The molecule has 1 aromatic rings. The van der Waals surface area contributed by atoms with Crippen LogP contribution in [0, 0.1) is 6.57 Å². The third-order valence-corrected chi connectivity index (χ3v) is 2.47. The smallest absolute Gasteiger partial charge is 0.218 e. The molecule has 0 N–H and O–H groups in total. The highest BCUT2D eigenvalue weighted by molar-refractivity contribution is 6.39. The summed E-state index contributed by atoms with van der Waals surface area (Å²) in [7, 11) is 0. The van der Waals surface area contributed by atoms with E-state index in [1.165, 1.54) is 0 Å². The third-order valence-electron chi connectivity index (χ3n) is 1.58. The molecule has 4 heteroatoms. The van der Waals surface area contributed by atoms with Crippen LogP contribution in [0.3, 0.4) is 0 Å². The molecule has 68 valence electrons. The average Bonchev–Trinajstić information content (AvgIpc) is 2.02. The van der Waals surface area contributed by atoms with Gasteiger partial charge in [-0.2, -0.15) is 0 Å². The summed E-state index contributed by atoms with van der Waals surface area (Å²) in [5, 5.41) is 1.57. The average molecular weight is 235 g/mol. The van der Waals surface area contributed by atoms with Gasteiger partial charge in [-0.1, -0.05) is 34.8 Å². The van der Waals surface area contributed by atoms with Crippen LogP contribution in [-0.4, -0.2) is 6.54 Å². The Bertz CT molecular complexity index is 331. The quantitative estimate of drug-likeness (QED) is 0.678. The first-order valence-corrected chi connectivity index (χ1v) is 4.75. The van der Waals surface area contributed by atoms with Crippen LogP contribution in [0.5, 0.6) is 0 Å². The monoisotopic (exact) mass is 233 g/mol. The number of nitrogens with zero attached hydrogens (tertiary/aromatic N) is 1. The SMILES string of the molecule is [C-]#[N+]CCc1c(Cl)cc(Cl)cc1Cl. The maximum absolute atomic E-state index is 6.65. The minimum Gasteiger partial charge on any atom is -0.317 e. The lowest BCUT2D eigenvalue weighted by Crippen LogP contribution is -1.90. The highest BCUT2D eigenvalue weighted by Gasteiger charge is 2.08. The van der Waals surface area contributed by atoms with E-state index in [-0.39, 0.29) is 0 Å². The Kier molecular flexibility index (Phi) is 3.87. The van der Waals surface area contributed by atoms with Crippen molar-refractivity contribution >= 4 is 34.8 Å². The molecule has 0 radical (unpaired) electrons. The summed E-state index contributed by atoms with van der Waals surface area (Å²) in [6.07, 6.45) is 0.568. The maximum Gasteiger partial charge on any atom is 0.218 e. The second-order valence-electron chi connectivity index (χ2n) is 2.48. The standard InChI is InChI=1S/C9H6Cl3N/c1-13-3-2-7-8(11)4-6(10)5-9(7)12/h4-5H,2-3H2. The van der Waals surface area contributed by atoms with Gasteiger partial charge in [0, 0.05) is 21.5 Å². The Hall–Kier alpha value is -0.420. The molecular formula is C9H6Cl3N. The number of hydrogen-bond acceptors (Lipinski definition) is 0. The zero-order valence-corrected chi connectivity index (χ0v) is 8.92. The van der Waals surface area contributed by atoms with Gasteiger partial charge in [-0.15, -0.1) is 0 Å². The summed E-state index contributed by atoms with van der Waals surface area (Å²) in [6.45, 7) is 7.04. The fraction of sp³-hybridized carbons (Fsp3) is 0.222. The fourth-order valence-corrected chi connectivity index (χ4v) is 1.98. The Morgan fingerprint density at radius 1 is 1.15 bits per heavy atom. The number of benzene rings is 1. The van der Waals surface area contributed by atoms with Gasteiger partial charge < -0.3 is 4.85 Å². The first-order chi connectivity index (χ1) is 6.15. The predicted molar refractivity (Wildman–Crippen MR) is 56.6 cm³/mol. The van der Waals surface area contributed by atoms with Crippen LogP contribution < -0.4 is 0 Å². The minimum atomic E-state index is 0.390. The number of rotatable bonds is 2. The van der Waals surface area contributed by atoms with Crippen LogP contribution in [0.2, 0.25) is 15.1 Å². The lowest BCUT2D eigenvalue weighted by Gasteiger charge is -2.03. The Morgan fingerprint density at radius 2 is 1.69 bits per heavy atom. The molecule has 1 nitrogen and oxygen atoms in total. The fourth-order valence-electron chi connectivity index (χ4n) is 0.979. The summed E-state index contributed by atoms with van der Waals surface area (Å²) in [5.74, 6) is 0. The molecule has 0 spiro atoms. The molecule has 0 heterocycles. The molecule has 1 rings (SSSR count). The van der Waals surface area contributed by atoms with Crippen LogP contribution in [0.4, 0.5) is 0 Å². The van der Waals surface area contributed by atoms with E-state index >= 15 is 0 Å². The van der Waals surface area contributed by atoms with Gasteiger partial charge in [0.2, 0.25) is 6.54 Å². The zero-order valence-electron chi connectivity index (χ0n) is 6.65. The summed E-state index contributed by atoms with van der Waals surface area (Å²) >= 11 is 17.5. The van der Waals surface area contributed by atoms with E-state index in [1.807, 2.05) is 0 Å². The van der Waals surface area contributed by atoms with Gasteiger partial charge >= 0.3 is 0 Å². The summed E-state index contributed by atoms with van der Waals surface area (Å²) < 4.78 is 0. The van der Waals surface area contributed by atoms with Crippen LogP contribution in [-0.2, 0) is 6.42 Å². The highest BCUT2D eigenvalue weighted by Crippen LogP contribution is 2.29. The minimum absolute atomic E-state index is 0.390. The third kappa shape index (κ3) is 2.77. The van der Waals surface area contributed by atoms with Crippen molar-refractivity contribution in [1.82, 2.24) is 0 Å². The molecule has 0 fully saturated rings. The van der Waals surface area contributed by atoms with Gasteiger partial charge in [-0.25, -0.2) is 6.57 Å². The van der Waals surface area contributed by atoms with E-state index in [2.05, 4.69) is 4.85 Å². The van der Waals surface area contributed by atoms with Crippen molar-refractivity contribution in [2.24, 2.45) is 0 Å². The first kappa shape index (κ1) is 10.7. The predicted octanol–water partition coefficient (Wildman–Crippen LogP) is 4.11. The van der Waals surface area contributed by atoms with E-state index < -0.39 is 0 Å². The molecule has 0 unspecified atom stereocenters. The first-order valence-electron chi connectivity index (χ1n) is 3.62. The summed E-state index contributed by atoms with van der Waals surface area (Å²) in [5.41, 5.74) is 0.795. The van der Waals surface area contributed by atoms with Crippen molar-refractivity contribution in [2.45, 2.75) is 6.42 Å². The van der Waals surface area contributed by atoms with Gasteiger partial charge in [0.05, 0.1) is 0 Å². The highest BCUT2D eigenvalue weighted by atomic mass is 35.5. The molecule has 0 aliphatic heterocycles. The van der Waals surface area contributed by atoms with E-state index in [0.717, 1.165) is 5.56 Å². The molecule has 0 bridgehead atoms. The van der Waals surface area contributed by atoms with E-state index in [4.69, 9.17) is 41.4 Å². The molecule has 13 heavy (non-hydrogen) atoms. The van der Waals surface area contributed by atoms with Crippen molar-refractivity contribution in [1.29, 1.82) is 0 Å². The molecule has 0 aliphatic rings.